The Bertz CT molecular complexity index is 1180. The number of aliphatic hydroxyl groups excluding tert-OH is 1. The fourth-order valence-electron chi connectivity index (χ4n) is 4.66. The minimum atomic E-state index is -0.505. The van der Waals surface area contributed by atoms with Gasteiger partial charge in [0.15, 0.2) is 0 Å². The fraction of sp³-hybridized carbons (Fsp3) is 0.375. The van der Waals surface area contributed by atoms with Gasteiger partial charge in [0.1, 0.15) is 11.5 Å². The second kappa shape index (κ2) is 13.9. The van der Waals surface area contributed by atoms with Crippen LogP contribution in [0.4, 0.5) is 0 Å². The highest BCUT2D eigenvalue weighted by molar-refractivity contribution is 5.91. The minimum absolute atomic E-state index is 0.0404. The summed E-state index contributed by atoms with van der Waals surface area (Å²) in [6.45, 7) is 11.3. The highest BCUT2D eigenvalue weighted by Crippen LogP contribution is 2.36. The second-order valence-corrected chi connectivity index (χ2v) is 9.95. The van der Waals surface area contributed by atoms with Crippen molar-refractivity contribution in [2.75, 3.05) is 6.54 Å². The first-order chi connectivity index (χ1) is 18.2. The summed E-state index contributed by atoms with van der Waals surface area (Å²) in [5.41, 5.74) is 3.08. The third-order valence-electron chi connectivity index (χ3n) is 6.65. The zero-order chi connectivity index (χ0) is 27.7. The van der Waals surface area contributed by atoms with Crippen molar-refractivity contribution in [3.05, 3.63) is 95.1 Å². The van der Waals surface area contributed by atoms with E-state index >= 15 is 0 Å². The van der Waals surface area contributed by atoms with Crippen LogP contribution in [0.2, 0.25) is 0 Å². The molecule has 0 fully saturated rings. The van der Waals surface area contributed by atoms with E-state index < -0.39 is 5.97 Å². The van der Waals surface area contributed by atoms with Crippen LogP contribution in [-0.2, 0) is 11.4 Å². The van der Waals surface area contributed by atoms with Gasteiger partial charge in [0.25, 0.3) is 0 Å². The summed E-state index contributed by atoms with van der Waals surface area (Å²) in [5, 5.41) is 9.88. The zero-order valence-corrected chi connectivity index (χ0v) is 23.0. The predicted octanol–water partition coefficient (Wildman–Crippen LogP) is 6.35. The number of hydrogen-bond acceptors (Lipinski definition) is 6. The van der Waals surface area contributed by atoms with Crippen LogP contribution in [-0.4, -0.2) is 40.6 Å². The van der Waals surface area contributed by atoms with E-state index in [1.165, 1.54) is 0 Å². The number of nitrogens with zero attached hydrogens (tertiary/aromatic N) is 1. The van der Waals surface area contributed by atoms with Gasteiger partial charge in [-0.25, -0.2) is 4.79 Å². The van der Waals surface area contributed by atoms with Crippen molar-refractivity contribution in [3.63, 3.8) is 0 Å². The average Bonchev–Trinajstić information content (AvgIpc) is 2.91. The van der Waals surface area contributed by atoms with Crippen LogP contribution in [0, 0.1) is 0 Å². The first kappa shape index (κ1) is 29.1. The van der Waals surface area contributed by atoms with Crippen molar-refractivity contribution in [1.82, 2.24) is 4.90 Å². The molecule has 3 aromatic carbocycles. The Morgan fingerprint density at radius 2 is 1.53 bits per heavy atom. The molecule has 0 saturated carbocycles. The molecule has 3 aromatic rings. The molecule has 0 spiro atoms. The quantitative estimate of drug-likeness (QED) is 0.223. The van der Waals surface area contributed by atoms with E-state index in [0.717, 1.165) is 29.7 Å². The van der Waals surface area contributed by atoms with Crippen LogP contribution in [0.15, 0.2) is 72.8 Å². The van der Waals surface area contributed by atoms with Crippen molar-refractivity contribution in [1.29, 1.82) is 0 Å². The molecule has 0 amide bonds. The molecule has 3 rings (SSSR count). The Morgan fingerprint density at radius 1 is 0.868 bits per heavy atom. The summed E-state index contributed by atoms with van der Waals surface area (Å²) in [6.07, 6.45) is 1.09. The third kappa shape index (κ3) is 7.76. The Morgan fingerprint density at radius 3 is 2.11 bits per heavy atom. The molecule has 6 heteroatoms. The number of carbonyl (C=O) groups is 2. The molecule has 1 atom stereocenters. The Balaban J connectivity index is 1.93. The van der Waals surface area contributed by atoms with Crippen LogP contribution in [0.25, 0.3) is 0 Å². The SMILES string of the molecule is CCC(=O)Oc1ccc(C(=O)Oc2ccc(CO)cc2[C@H](CCN(C(C)C)C(C)C)c2ccccc2)cc1. The van der Waals surface area contributed by atoms with Crippen molar-refractivity contribution in [3.8, 4) is 11.5 Å². The van der Waals surface area contributed by atoms with Gasteiger partial charge in [-0.05, 0) is 88.2 Å². The molecule has 0 aliphatic heterocycles. The van der Waals surface area contributed by atoms with Gasteiger partial charge in [-0.15, -0.1) is 0 Å². The summed E-state index contributed by atoms with van der Waals surface area (Å²) >= 11 is 0. The Labute approximate surface area is 226 Å². The number of carbonyl (C=O) groups excluding carboxylic acids is 2. The monoisotopic (exact) mass is 517 g/mol. The van der Waals surface area contributed by atoms with Crippen LogP contribution in [0.1, 0.15) is 80.4 Å². The lowest BCUT2D eigenvalue weighted by Crippen LogP contribution is -2.38. The van der Waals surface area contributed by atoms with Crippen LogP contribution in [0.5, 0.6) is 11.5 Å². The molecule has 1 N–H and O–H groups in total. The van der Waals surface area contributed by atoms with Gasteiger partial charge in [0.2, 0.25) is 0 Å². The summed E-state index contributed by atoms with van der Waals surface area (Å²) in [6, 6.07) is 22.8. The first-order valence-electron chi connectivity index (χ1n) is 13.3. The molecule has 38 heavy (non-hydrogen) atoms. The number of aliphatic hydroxyl groups is 1. The predicted molar refractivity (Wildman–Crippen MR) is 150 cm³/mol. The van der Waals surface area contributed by atoms with Crippen molar-refractivity contribution in [2.24, 2.45) is 0 Å². The van der Waals surface area contributed by atoms with E-state index in [0.29, 0.717) is 29.1 Å². The van der Waals surface area contributed by atoms with Crippen LogP contribution >= 0.6 is 0 Å². The fourth-order valence-corrected chi connectivity index (χ4v) is 4.66. The third-order valence-corrected chi connectivity index (χ3v) is 6.65. The van der Waals surface area contributed by atoms with E-state index in [9.17, 15) is 14.7 Å². The lowest BCUT2D eigenvalue weighted by molar-refractivity contribution is -0.134. The number of ether oxygens (including phenoxy) is 2. The topological polar surface area (TPSA) is 76.1 Å². The summed E-state index contributed by atoms with van der Waals surface area (Å²) in [5.74, 6) is -0.0431. The van der Waals surface area contributed by atoms with Gasteiger partial charge in [-0.1, -0.05) is 43.3 Å². The van der Waals surface area contributed by atoms with Gasteiger partial charge >= 0.3 is 11.9 Å². The first-order valence-corrected chi connectivity index (χ1v) is 13.3. The van der Waals surface area contributed by atoms with E-state index in [1.54, 1.807) is 43.3 Å². The van der Waals surface area contributed by atoms with Gasteiger partial charge in [0, 0.05) is 30.0 Å². The van der Waals surface area contributed by atoms with E-state index in [2.05, 4.69) is 44.7 Å². The standard InChI is InChI=1S/C32H39NO5/c1-6-31(35)37-27-15-13-26(14-16-27)32(36)38-30-17-12-24(21-34)20-29(30)28(25-10-8-7-9-11-25)18-19-33(22(2)3)23(4)5/h7-17,20,22-23,28,34H,6,18-19,21H2,1-5H3/t28-/m1/s1. The van der Waals surface area contributed by atoms with Gasteiger partial charge in [-0.2, -0.15) is 0 Å². The summed E-state index contributed by atoms with van der Waals surface area (Å²) in [4.78, 5) is 27.1. The van der Waals surface area contributed by atoms with Gasteiger partial charge < -0.3 is 14.6 Å². The van der Waals surface area contributed by atoms with Gasteiger partial charge in [-0.3, -0.25) is 9.69 Å². The zero-order valence-electron chi connectivity index (χ0n) is 23.0. The van der Waals surface area contributed by atoms with Crippen molar-refractivity contribution < 1.29 is 24.2 Å². The van der Waals surface area contributed by atoms with E-state index in [-0.39, 0.29) is 24.9 Å². The van der Waals surface area contributed by atoms with Gasteiger partial charge in [0.05, 0.1) is 12.2 Å². The normalized spacial score (nSPS) is 12.1. The number of benzene rings is 3. The molecule has 0 unspecified atom stereocenters. The van der Waals surface area contributed by atoms with E-state index in [1.807, 2.05) is 24.3 Å². The maximum absolute atomic E-state index is 13.1. The number of rotatable bonds is 12. The smallest absolute Gasteiger partial charge is 0.343 e. The number of esters is 2. The second-order valence-electron chi connectivity index (χ2n) is 9.95. The largest absolute Gasteiger partial charge is 0.427 e. The minimum Gasteiger partial charge on any atom is -0.427 e. The molecular formula is C32H39NO5. The van der Waals surface area contributed by atoms with Crippen molar-refractivity contribution in [2.45, 2.75) is 72.1 Å². The lowest BCUT2D eigenvalue weighted by atomic mass is 9.86. The van der Waals surface area contributed by atoms with E-state index in [4.69, 9.17) is 9.47 Å². The molecule has 0 aromatic heterocycles. The maximum atomic E-state index is 13.1. The highest BCUT2D eigenvalue weighted by atomic mass is 16.5. The molecular weight excluding hydrogens is 478 g/mol. The number of hydrogen-bond donors (Lipinski definition) is 1. The molecule has 0 aliphatic carbocycles. The molecule has 0 aliphatic rings. The Kier molecular flexibility index (Phi) is 10.6. The summed E-state index contributed by atoms with van der Waals surface area (Å²) < 4.78 is 11.1. The maximum Gasteiger partial charge on any atom is 0.343 e. The molecule has 0 saturated heterocycles. The van der Waals surface area contributed by atoms with Crippen LogP contribution < -0.4 is 9.47 Å². The summed E-state index contributed by atoms with van der Waals surface area (Å²) in [7, 11) is 0. The molecule has 0 radical (unpaired) electrons. The molecule has 0 bridgehead atoms. The Hall–Kier alpha value is -3.48. The molecule has 0 heterocycles. The van der Waals surface area contributed by atoms with Crippen LogP contribution in [0.3, 0.4) is 0 Å². The highest BCUT2D eigenvalue weighted by Gasteiger charge is 2.24. The molecule has 202 valence electrons. The average molecular weight is 518 g/mol. The molecule has 6 nitrogen and oxygen atoms in total. The van der Waals surface area contributed by atoms with Crippen molar-refractivity contribution >= 4 is 11.9 Å². The lowest BCUT2D eigenvalue weighted by Gasteiger charge is -2.32.